The molecule has 1 unspecified atom stereocenters. The van der Waals surface area contributed by atoms with Gasteiger partial charge in [-0.1, -0.05) is 11.2 Å². The maximum absolute atomic E-state index is 13.6. The van der Waals surface area contributed by atoms with E-state index in [9.17, 15) is 8.78 Å². The van der Waals surface area contributed by atoms with Gasteiger partial charge < -0.3 is 14.6 Å². The average Bonchev–Trinajstić information content (AvgIpc) is 3.07. The van der Waals surface area contributed by atoms with Gasteiger partial charge in [0.05, 0.1) is 13.2 Å². The van der Waals surface area contributed by atoms with E-state index in [1.165, 1.54) is 6.07 Å². The molecule has 0 amide bonds. The third kappa shape index (κ3) is 2.68. The molecule has 5 nitrogen and oxygen atoms in total. The molecule has 1 atom stereocenters. The molecule has 0 saturated carbocycles. The van der Waals surface area contributed by atoms with Crippen molar-refractivity contribution in [1.29, 1.82) is 0 Å². The van der Waals surface area contributed by atoms with Crippen LogP contribution in [0.4, 0.5) is 8.78 Å². The van der Waals surface area contributed by atoms with E-state index < -0.39 is 11.6 Å². The maximum Gasteiger partial charge on any atom is 0.263 e. The van der Waals surface area contributed by atoms with Gasteiger partial charge in [-0.15, -0.1) is 0 Å². The Balaban J connectivity index is 1.73. The Morgan fingerprint density at radius 2 is 2.10 bits per heavy atom. The summed E-state index contributed by atoms with van der Waals surface area (Å²) in [6, 6.07) is 3.84. The molecule has 1 aliphatic heterocycles. The number of aromatic nitrogens is 2. The van der Waals surface area contributed by atoms with E-state index in [2.05, 4.69) is 15.5 Å². The van der Waals surface area contributed by atoms with Crippen LogP contribution in [0.3, 0.4) is 0 Å². The molecule has 1 fully saturated rings. The molecular weight excluding hydrogens is 268 g/mol. The van der Waals surface area contributed by atoms with Crippen molar-refractivity contribution >= 4 is 0 Å². The van der Waals surface area contributed by atoms with Crippen LogP contribution in [0, 0.1) is 11.6 Å². The first-order valence-electron chi connectivity index (χ1n) is 6.32. The third-order valence-electron chi connectivity index (χ3n) is 3.12. The first-order valence-corrected chi connectivity index (χ1v) is 6.32. The van der Waals surface area contributed by atoms with Crippen molar-refractivity contribution in [3.05, 3.63) is 35.7 Å². The first-order chi connectivity index (χ1) is 9.74. The highest BCUT2D eigenvalue weighted by atomic mass is 19.1. The molecule has 2 aromatic rings. The molecule has 1 aromatic carbocycles. The number of nitrogens with one attached hydrogen (secondary N) is 1. The van der Waals surface area contributed by atoms with Crippen molar-refractivity contribution in [2.75, 3.05) is 13.2 Å². The van der Waals surface area contributed by atoms with Gasteiger partial charge in [-0.2, -0.15) is 4.98 Å². The molecule has 2 heterocycles. The topological polar surface area (TPSA) is 60.2 Å². The van der Waals surface area contributed by atoms with E-state index in [4.69, 9.17) is 9.26 Å². The van der Waals surface area contributed by atoms with Crippen LogP contribution in [-0.2, 0) is 11.3 Å². The molecule has 1 N–H and O–H groups in total. The normalized spacial score (nSPS) is 18.6. The van der Waals surface area contributed by atoms with Gasteiger partial charge in [0.1, 0.15) is 17.2 Å². The molecule has 0 bridgehead atoms. The number of ether oxygens (including phenoxy) is 1. The quantitative estimate of drug-likeness (QED) is 0.927. The number of benzene rings is 1. The molecule has 7 heteroatoms. The number of halogens is 2. The predicted octanol–water partition coefficient (Wildman–Crippen LogP) is 1.89. The minimum Gasteiger partial charge on any atom is -0.380 e. The summed E-state index contributed by atoms with van der Waals surface area (Å²) in [5.74, 6) is -1.25. The Kier molecular flexibility index (Phi) is 3.70. The summed E-state index contributed by atoms with van der Waals surface area (Å²) in [4.78, 5) is 4.00. The van der Waals surface area contributed by atoms with Crippen molar-refractivity contribution in [3.63, 3.8) is 0 Å². The van der Waals surface area contributed by atoms with E-state index in [0.717, 1.165) is 25.2 Å². The smallest absolute Gasteiger partial charge is 0.263 e. The Morgan fingerprint density at radius 3 is 2.80 bits per heavy atom. The van der Waals surface area contributed by atoms with Gasteiger partial charge in [0, 0.05) is 12.6 Å². The van der Waals surface area contributed by atoms with E-state index in [-0.39, 0.29) is 17.5 Å². The Bertz CT molecular complexity index is 577. The van der Waals surface area contributed by atoms with E-state index in [0.29, 0.717) is 19.0 Å². The van der Waals surface area contributed by atoms with Gasteiger partial charge in [-0.25, -0.2) is 8.78 Å². The second-order valence-corrected chi connectivity index (χ2v) is 4.55. The van der Waals surface area contributed by atoms with E-state index in [1.54, 1.807) is 0 Å². The van der Waals surface area contributed by atoms with E-state index >= 15 is 0 Å². The van der Waals surface area contributed by atoms with Gasteiger partial charge in [-0.05, 0) is 18.6 Å². The van der Waals surface area contributed by atoms with Crippen LogP contribution in [0.15, 0.2) is 22.7 Å². The zero-order valence-electron chi connectivity index (χ0n) is 10.6. The summed E-state index contributed by atoms with van der Waals surface area (Å²) < 4.78 is 37.3. The minimum absolute atomic E-state index is 0.153. The fraction of sp³-hybridized carbons (Fsp3) is 0.385. The lowest BCUT2D eigenvalue weighted by atomic mass is 10.2. The summed E-state index contributed by atoms with van der Waals surface area (Å²) in [6.45, 7) is 1.75. The molecule has 106 valence electrons. The van der Waals surface area contributed by atoms with Crippen LogP contribution in [-0.4, -0.2) is 29.4 Å². The molecule has 0 spiro atoms. The van der Waals surface area contributed by atoms with Gasteiger partial charge in [0.15, 0.2) is 5.82 Å². The van der Waals surface area contributed by atoms with Crippen molar-refractivity contribution < 1.29 is 18.0 Å². The average molecular weight is 281 g/mol. The number of nitrogens with zero attached hydrogens (tertiary/aromatic N) is 2. The van der Waals surface area contributed by atoms with Crippen LogP contribution in [0.5, 0.6) is 0 Å². The summed E-state index contributed by atoms with van der Waals surface area (Å²) in [5, 5.41) is 6.91. The Labute approximate surface area is 113 Å². The highest BCUT2D eigenvalue weighted by molar-refractivity contribution is 5.54. The number of hydrogen-bond acceptors (Lipinski definition) is 5. The lowest BCUT2D eigenvalue weighted by Crippen LogP contribution is -2.28. The molecule has 0 radical (unpaired) electrons. The van der Waals surface area contributed by atoms with Crippen molar-refractivity contribution in [1.82, 2.24) is 15.5 Å². The molecule has 1 aromatic heterocycles. The fourth-order valence-corrected chi connectivity index (χ4v) is 2.06. The molecule has 20 heavy (non-hydrogen) atoms. The van der Waals surface area contributed by atoms with Gasteiger partial charge in [0.2, 0.25) is 0 Å². The maximum atomic E-state index is 13.6. The molecule has 1 saturated heterocycles. The monoisotopic (exact) mass is 281 g/mol. The second kappa shape index (κ2) is 5.64. The van der Waals surface area contributed by atoms with Crippen LogP contribution >= 0.6 is 0 Å². The number of hydrogen-bond donors (Lipinski definition) is 1. The predicted molar refractivity (Wildman–Crippen MR) is 65.7 cm³/mol. The fourth-order valence-electron chi connectivity index (χ4n) is 2.06. The van der Waals surface area contributed by atoms with Crippen LogP contribution in [0.25, 0.3) is 11.5 Å². The molecule has 3 rings (SSSR count). The second-order valence-electron chi connectivity index (χ2n) is 4.55. The summed E-state index contributed by atoms with van der Waals surface area (Å²) >= 11 is 0. The van der Waals surface area contributed by atoms with Crippen LogP contribution in [0.2, 0.25) is 0 Å². The highest BCUT2D eigenvalue weighted by Gasteiger charge is 2.19. The van der Waals surface area contributed by atoms with Crippen molar-refractivity contribution in [3.8, 4) is 11.5 Å². The van der Waals surface area contributed by atoms with Crippen LogP contribution in [0.1, 0.15) is 12.2 Å². The summed E-state index contributed by atoms with van der Waals surface area (Å²) in [6.07, 6.45) is 0.923. The van der Waals surface area contributed by atoms with E-state index in [1.807, 2.05) is 0 Å². The third-order valence-corrected chi connectivity index (χ3v) is 3.12. The largest absolute Gasteiger partial charge is 0.380 e. The lowest BCUT2D eigenvalue weighted by molar-refractivity contribution is 0.189. The summed E-state index contributed by atoms with van der Waals surface area (Å²) in [5.41, 5.74) is -0.296. The van der Waals surface area contributed by atoms with Gasteiger partial charge in [-0.3, -0.25) is 0 Å². The van der Waals surface area contributed by atoms with Crippen molar-refractivity contribution in [2.45, 2.75) is 19.0 Å². The lowest BCUT2D eigenvalue weighted by Gasteiger charge is -2.06. The van der Waals surface area contributed by atoms with Gasteiger partial charge in [0.25, 0.3) is 5.89 Å². The zero-order valence-corrected chi connectivity index (χ0v) is 10.6. The Morgan fingerprint density at radius 1 is 1.30 bits per heavy atom. The van der Waals surface area contributed by atoms with Gasteiger partial charge >= 0.3 is 0 Å². The number of rotatable bonds is 4. The summed E-state index contributed by atoms with van der Waals surface area (Å²) in [7, 11) is 0. The molecule has 0 aliphatic carbocycles. The zero-order chi connectivity index (χ0) is 13.9. The first kappa shape index (κ1) is 13.1. The molecule has 1 aliphatic rings. The van der Waals surface area contributed by atoms with Crippen molar-refractivity contribution in [2.24, 2.45) is 0 Å². The SMILES string of the molecule is Fc1cccc(F)c1-c1nc(CNC2CCOC2)no1. The minimum atomic E-state index is -0.725. The highest BCUT2D eigenvalue weighted by Crippen LogP contribution is 2.24. The Hall–Kier alpha value is -1.86. The van der Waals surface area contributed by atoms with Crippen LogP contribution < -0.4 is 5.32 Å². The molecular formula is C13H13F2N3O2. The standard InChI is InChI=1S/C13H13F2N3O2/c14-9-2-1-3-10(15)12(9)13-17-11(18-20-13)6-16-8-4-5-19-7-8/h1-3,8,16H,4-7H2.